The van der Waals surface area contributed by atoms with E-state index in [-0.39, 0.29) is 0 Å². The first-order chi connectivity index (χ1) is 13.9. The highest BCUT2D eigenvalue weighted by Gasteiger charge is 2.26. The van der Waals surface area contributed by atoms with Crippen molar-refractivity contribution in [3.8, 4) is 0 Å². The van der Waals surface area contributed by atoms with Crippen LogP contribution in [0.3, 0.4) is 0 Å². The van der Waals surface area contributed by atoms with Gasteiger partial charge in [0.15, 0.2) is 0 Å². The highest BCUT2D eigenvalue weighted by molar-refractivity contribution is 6.10. The molecule has 0 heteroatoms. The number of hydrogen-bond donors (Lipinski definition) is 0. The highest BCUT2D eigenvalue weighted by atomic mass is 14.3. The number of allylic oxidation sites excluding steroid dienone is 1. The van der Waals surface area contributed by atoms with Gasteiger partial charge in [-0.15, -0.1) is 0 Å². The van der Waals surface area contributed by atoms with Crippen molar-refractivity contribution >= 4 is 34.1 Å². The molecule has 0 heterocycles. The second-order valence-corrected chi connectivity index (χ2v) is 7.68. The van der Waals surface area contributed by atoms with Gasteiger partial charge >= 0.3 is 0 Å². The molecule has 2 aliphatic rings. The lowest BCUT2D eigenvalue weighted by Crippen LogP contribution is -1.96. The van der Waals surface area contributed by atoms with Gasteiger partial charge in [-0.1, -0.05) is 97.1 Å². The summed E-state index contributed by atoms with van der Waals surface area (Å²) in [5.41, 5.74) is 11.1. The summed E-state index contributed by atoms with van der Waals surface area (Å²) in [4.78, 5) is 0. The van der Waals surface area contributed by atoms with Crippen LogP contribution in [-0.4, -0.2) is 0 Å². The smallest absolute Gasteiger partial charge is 0.00609 e. The standard InChI is InChI=1S/C28H20/c1-4-10-23-19(7-1)15-16-22-17-18-26(27(22)23)28-24-11-5-2-8-20(24)13-14-21-9-3-6-12-25(21)28/h1-16H,17-18H2. The molecule has 0 nitrogen and oxygen atoms in total. The minimum Gasteiger partial charge on any atom is -0.0616 e. The zero-order valence-electron chi connectivity index (χ0n) is 15.7. The Morgan fingerprint density at radius 1 is 0.536 bits per heavy atom. The van der Waals surface area contributed by atoms with Crippen LogP contribution >= 0.6 is 0 Å². The molecule has 0 atom stereocenters. The van der Waals surface area contributed by atoms with Crippen LogP contribution in [0.25, 0.3) is 34.1 Å². The van der Waals surface area contributed by atoms with Gasteiger partial charge in [0.05, 0.1) is 0 Å². The van der Waals surface area contributed by atoms with E-state index < -0.39 is 0 Å². The van der Waals surface area contributed by atoms with Gasteiger partial charge in [0, 0.05) is 0 Å². The van der Waals surface area contributed by atoms with Crippen LogP contribution < -0.4 is 0 Å². The number of benzene rings is 4. The Bertz CT molecular complexity index is 1250. The summed E-state index contributed by atoms with van der Waals surface area (Å²) in [6, 6.07) is 31.1. The average Bonchev–Trinajstić information content (AvgIpc) is 3.11. The van der Waals surface area contributed by atoms with Gasteiger partial charge in [-0.25, -0.2) is 0 Å². The Balaban J connectivity index is 1.77. The van der Waals surface area contributed by atoms with Gasteiger partial charge in [-0.05, 0) is 68.1 Å². The van der Waals surface area contributed by atoms with Gasteiger partial charge in [0.2, 0.25) is 0 Å². The molecule has 28 heavy (non-hydrogen) atoms. The lowest BCUT2D eigenvalue weighted by Gasteiger charge is -2.17. The third-order valence-corrected chi connectivity index (χ3v) is 6.17. The molecule has 0 aliphatic heterocycles. The summed E-state index contributed by atoms with van der Waals surface area (Å²) >= 11 is 0. The fraction of sp³-hybridized carbons (Fsp3) is 0.0714. The molecule has 0 bridgehead atoms. The molecule has 0 amide bonds. The second-order valence-electron chi connectivity index (χ2n) is 7.68. The molecular formula is C28H20. The molecule has 6 rings (SSSR count). The summed E-state index contributed by atoms with van der Waals surface area (Å²) in [6.07, 6.45) is 6.75. The van der Waals surface area contributed by atoms with Crippen molar-refractivity contribution in [2.24, 2.45) is 0 Å². The van der Waals surface area contributed by atoms with Gasteiger partial charge in [-0.2, -0.15) is 0 Å². The third kappa shape index (κ3) is 2.25. The monoisotopic (exact) mass is 356 g/mol. The molecule has 0 radical (unpaired) electrons. The van der Waals surface area contributed by atoms with Crippen LogP contribution in [0.4, 0.5) is 0 Å². The first kappa shape index (κ1) is 15.7. The summed E-state index contributed by atoms with van der Waals surface area (Å²) in [7, 11) is 0. The lowest BCUT2D eigenvalue weighted by atomic mass is 9.86. The van der Waals surface area contributed by atoms with Crippen LogP contribution in [0.2, 0.25) is 0 Å². The maximum atomic E-state index is 2.33. The van der Waals surface area contributed by atoms with Gasteiger partial charge in [0.25, 0.3) is 0 Å². The van der Waals surface area contributed by atoms with E-state index in [1.165, 1.54) is 55.3 Å². The molecule has 0 fully saturated rings. The van der Waals surface area contributed by atoms with Crippen LogP contribution in [0.15, 0.2) is 84.9 Å². The van der Waals surface area contributed by atoms with Crippen molar-refractivity contribution in [2.45, 2.75) is 12.8 Å². The van der Waals surface area contributed by atoms with Gasteiger partial charge in [-0.3, -0.25) is 0 Å². The minimum absolute atomic E-state index is 1.10. The summed E-state index contributed by atoms with van der Waals surface area (Å²) < 4.78 is 0. The van der Waals surface area contributed by atoms with Crippen LogP contribution in [0, 0.1) is 0 Å². The normalized spacial score (nSPS) is 14.6. The molecule has 0 N–H and O–H groups in total. The zero-order chi connectivity index (χ0) is 18.5. The predicted octanol–water partition coefficient (Wildman–Crippen LogP) is 7.23. The first-order valence-corrected chi connectivity index (χ1v) is 10.0. The summed E-state index contributed by atoms with van der Waals surface area (Å²) in [5.74, 6) is 0. The summed E-state index contributed by atoms with van der Waals surface area (Å²) in [5, 5.41) is 2.71. The predicted molar refractivity (Wildman–Crippen MR) is 120 cm³/mol. The second kappa shape index (κ2) is 6.07. The Kier molecular flexibility index (Phi) is 3.39. The van der Waals surface area contributed by atoms with Crippen molar-refractivity contribution in [3.63, 3.8) is 0 Å². The topological polar surface area (TPSA) is 0 Å². The molecule has 0 saturated heterocycles. The Labute approximate surface area is 165 Å². The van der Waals surface area contributed by atoms with Crippen LogP contribution in [0.1, 0.15) is 39.8 Å². The molecule has 4 aromatic rings. The van der Waals surface area contributed by atoms with Gasteiger partial charge < -0.3 is 0 Å². The molecule has 0 unspecified atom stereocenters. The molecule has 132 valence electrons. The Morgan fingerprint density at radius 2 is 1.18 bits per heavy atom. The van der Waals surface area contributed by atoms with Gasteiger partial charge in [0.1, 0.15) is 0 Å². The quantitative estimate of drug-likeness (QED) is 0.274. The molecule has 0 spiro atoms. The Morgan fingerprint density at radius 3 is 1.93 bits per heavy atom. The fourth-order valence-electron chi connectivity index (χ4n) is 4.91. The van der Waals surface area contributed by atoms with Crippen LogP contribution in [-0.2, 0) is 6.42 Å². The zero-order valence-corrected chi connectivity index (χ0v) is 15.7. The average molecular weight is 356 g/mol. The number of aryl methyl sites for hydroxylation is 1. The van der Waals surface area contributed by atoms with E-state index in [9.17, 15) is 0 Å². The van der Waals surface area contributed by atoms with Crippen molar-refractivity contribution in [1.82, 2.24) is 0 Å². The van der Waals surface area contributed by atoms with E-state index in [1.54, 1.807) is 0 Å². The minimum atomic E-state index is 1.10. The molecule has 4 aromatic carbocycles. The van der Waals surface area contributed by atoms with Crippen molar-refractivity contribution in [3.05, 3.63) is 118 Å². The third-order valence-electron chi connectivity index (χ3n) is 6.17. The molecule has 0 aromatic heterocycles. The summed E-state index contributed by atoms with van der Waals surface area (Å²) in [6.45, 7) is 0. The molecule has 0 saturated carbocycles. The van der Waals surface area contributed by atoms with E-state index in [1.807, 2.05) is 0 Å². The Hall–Kier alpha value is -3.38. The van der Waals surface area contributed by atoms with E-state index in [0.717, 1.165) is 12.8 Å². The van der Waals surface area contributed by atoms with E-state index >= 15 is 0 Å². The van der Waals surface area contributed by atoms with Crippen molar-refractivity contribution in [2.75, 3.05) is 0 Å². The van der Waals surface area contributed by atoms with Crippen LogP contribution in [0.5, 0.6) is 0 Å². The van der Waals surface area contributed by atoms with Crippen molar-refractivity contribution in [1.29, 1.82) is 0 Å². The largest absolute Gasteiger partial charge is 0.0616 e. The molecular weight excluding hydrogens is 336 g/mol. The number of fused-ring (bicyclic) bond motifs is 5. The molecule has 2 aliphatic carbocycles. The number of rotatable bonds is 0. The maximum absolute atomic E-state index is 2.33. The fourth-order valence-corrected chi connectivity index (χ4v) is 4.91. The number of hydrogen-bond acceptors (Lipinski definition) is 0. The van der Waals surface area contributed by atoms with E-state index in [0.29, 0.717) is 0 Å². The van der Waals surface area contributed by atoms with E-state index in [4.69, 9.17) is 0 Å². The maximum Gasteiger partial charge on any atom is -0.00609 e. The van der Waals surface area contributed by atoms with E-state index in [2.05, 4.69) is 97.1 Å². The first-order valence-electron chi connectivity index (χ1n) is 10.0. The SMILES string of the molecule is C1=Cc2ccccc2C(=C2CCc3ccc4ccccc4c32)c2ccccc21. The highest BCUT2D eigenvalue weighted by Crippen LogP contribution is 2.46. The lowest BCUT2D eigenvalue weighted by molar-refractivity contribution is 1.08. The van der Waals surface area contributed by atoms with Crippen molar-refractivity contribution < 1.29 is 0 Å².